The lowest BCUT2D eigenvalue weighted by molar-refractivity contribution is -0.187. The van der Waals surface area contributed by atoms with Crippen molar-refractivity contribution in [2.75, 3.05) is 19.6 Å². The summed E-state index contributed by atoms with van der Waals surface area (Å²) < 4.78 is 37.6. The van der Waals surface area contributed by atoms with Crippen molar-refractivity contribution in [2.45, 2.75) is 37.9 Å². The molecule has 2 amide bonds. The number of carbonyl (C=O) groups excluding carboxylic acids is 2. The largest absolute Gasteiger partial charge is 0.481 e. The van der Waals surface area contributed by atoms with Crippen molar-refractivity contribution in [3.05, 3.63) is 0 Å². The Kier molecular flexibility index (Phi) is 4.62. The lowest BCUT2D eigenvalue weighted by atomic mass is 9.96. The van der Waals surface area contributed by atoms with Gasteiger partial charge in [-0.1, -0.05) is 0 Å². The first kappa shape index (κ1) is 16.6. The van der Waals surface area contributed by atoms with Crippen LogP contribution in [0.15, 0.2) is 0 Å². The Morgan fingerprint density at radius 3 is 2.09 bits per heavy atom. The maximum atomic E-state index is 12.5. The van der Waals surface area contributed by atoms with E-state index in [9.17, 15) is 27.6 Å². The monoisotopic (exact) mass is 322 g/mol. The molecule has 2 aliphatic heterocycles. The minimum absolute atomic E-state index is 0.0830. The molecule has 0 bridgehead atoms. The summed E-state index contributed by atoms with van der Waals surface area (Å²) in [6.45, 7) is 0.307. The molecule has 22 heavy (non-hydrogen) atoms. The molecule has 0 aromatic rings. The molecule has 0 spiro atoms. The molecule has 124 valence electrons. The van der Waals surface area contributed by atoms with Crippen LogP contribution in [-0.2, 0) is 14.4 Å². The number of aliphatic carboxylic acids is 1. The summed E-state index contributed by atoms with van der Waals surface area (Å²) in [7, 11) is 0. The minimum atomic E-state index is -4.99. The third-order valence-corrected chi connectivity index (χ3v) is 4.20. The van der Waals surface area contributed by atoms with Gasteiger partial charge in [-0.2, -0.15) is 13.2 Å². The quantitative estimate of drug-likeness (QED) is 0.818. The predicted molar refractivity (Wildman–Crippen MR) is 67.7 cm³/mol. The molecule has 0 aliphatic carbocycles. The molecular weight excluding hydrogens is 305 g/mol. The van der Waals surface area contributed by atoms with Crippen LogP contribution in [0, 0.1) is 5.92 Å². The normalized spacial score (nSPS) is 23.7. The van der Waals surface area contributed by atoms with Gasteiger partial charge in [0.05, 0.1) is 5.92 Å². The maximum Gasteiger partial charge on any atom is 0.471 e. The summed E-state index contributed by atoms with van der Waals surface area (Å²) in [6, 6.07) is -1.09. The Morgan fingerprint density at radius 2 is 1.59 bits per heavy atom. The van der Waals surface area contributed by atoms with Gasteiger partial charge in [0.1, 0.15) is 6.04 Å². The van der Waals surface area contributed by atoms with Crippen LogP contribution in [0.2, 0.25) is 0 Å². The number of alkyl halides is 3. The number of rotatable bonds is 2. The molecule has 9 heteroatoms. The van der Waals surface area contributed by atoms with Crippen LogP contribution in [-0.4, -0.2) is 64.5 Å². The van der Waals surface area contributed by atoms with Gasteiger partial charge in [-0.15, -0.1) is 0 Å². The Labute approximate surface area is 124 Å². The summed E-state index contributed by atoms with van der Waals surface area (Å²) in [5, 5.41) is 8.90. The van der Waals surface area contributed by atoms with Crippen LogP contribution in [0.1, 0.15) is 25.7 Å². The van der Waals surface area contributed by atoms with Crippen LogP contribution in [0.25, 0.3) is 0 Å². The Bertz CT molecular complexity index is 472. The van der Waals surface area contributed by atoms with E-state index >= 15 is 0 Å². The second kappa shape index (κ2) is 6.13. The Morgan fingerprint density at radius 1 is 1.00 bits per heavy atom. The van der Waals surface area contributed by atoms with Crippen LogP contribution in [0.3, 0.4) is 0 Å². The number of hydrogen-bond donors (Lipinski definition) is 1. The maximum absolute atomic E-state index is 12.5. The smallest absolute Gasteiger partial charge is 0.471 e. The molecule has 0 radical (unpaired) electrons. The highest BCUT2D eigenvalue weighted by Crippen LogP contribution is 2.28. The molecule has 0 unspecified atom stereocenters. The lowest BCUT2D eigenvalue weighted by Gasteiger charge is -2.34. The molecule has 2 rings (SSSR count). The highest BCUT2D eigenvalue weighted by Gasteiger charge is 2.48. The molecule has 2 fully saturated rings. The van der Waals surface area contributed by atoms with Gasteiger partial charge in [0.15, 0.2) is 0 Å². The SMILES string of the molecule is O=C(O)C1CCN(C(=O)[C@@H]2CCCN2C(=O)C(F)(F)F)CC1. The fourth-order valence-electron chi connectivity index (χ4n) is 2.99. The summed E-state index contributed by atoms with van der Waals surface area (Å²) in [5.41, 5.74) is 0. The van der Waals surface area contributed by atoms with Gasteiger partial charge >= 0.3 is 18.1 Å². The van der Waals surface area contributed by atoms with E-state index in [0.29, 0.717) is 11.3 Å². The van der Waals surface area contributed by atoms with Crippen molar-refractivity contribution in [2.24, 2.45) is 5.92 Å². The van der Waals surface area contributed by atoms with Gasteiger partial charge in [0.2, 0.25) is 5.91 Å². The molecule has 0 aromatic carbocycles. The van der Waals surface area contributed by atoms with E-state index < -0.39 is 35.9 Å². The van der Waals surface area contributed by atoms with E-state index in [1.165, 1.54) is 4.90 Å². The van der Waals surface area contributed by atoms with Crippen molar-refractivity contribution < 1.29 is 32.7 Å². The first-order valence-electron chi connectivity index (χ1n) is 7.11. The molecule has 0 aromatic heterocycles. The first-order chi connectivity index (χ1) is 10.2. The molecule has 2 saturated heterocycles. The van der Waals surface area contributed by atoms with E-state index in [2.05, 4.69) is 0 Å². The van der Waals surface area contributed by atoms with Gasteiger partial charge < -0.3 is 14.9 Å². The summed E-state index contributed by atoms with van der Waals surface area (Å²) in [5.74, 6) is -3.95. The molecular formula is C13H17F3N2O4. The molecule has 6 nitrogen and oxygen atoms in total. The molecule has 0 saturated carbocycles. The second-order valence-corrected chi connectivity index (χ2v) is 5.59. The number of halogens is 3. The Balaban J connectivity index is 2.00. The van der Waals surface area contributed by atoms with Crippen LogP contribution < -0.4 is 0 Å². The average Bonchev–Trinajstić information content (AvgIpc) is 2.93. The zero-order chi connectivity index (χ0) is 16.5. The highest BCUT2D eigenvalue weighted by molar-refractivity contribution is 5.90. The Hall–Kier alpha value is -1.80. The predicted octanol–water partition coefficient (Wildman–Crippen LogP) is 0.863. The molecule has 2 heterocycles. The fourth-order valence-corrected chi connectivity index (χ4v) is 2.99. The standard InChI is InChI=1S/C13H17F3N2O4/c14-13(15,16)12(22)18-5-1-2-9(18)10(19)17-6-3-8(4-7-17)11(20)21/h8-9H,1-7H2,(H,20,21)/t9-/m0/s1. The summed E-state index contributed by atoms with van der Waals surface area (Å²) in [4.78, 5) is 36.5. The molecule has 1 N–H and O–H groups in total. The number of amides is 2. The number of carbonyl (C=O) groups is 3. The van der Waals surface area contributed by atoms with E-state index in [1.807, 2.05) is 0 Å². The van der Waals surface area contributed by atoms with E-state index in [0.717, 1.165) is 0 Å². The highest BCUT2D eigenvalue weighted by atomic mass is 19.4. The van der Waals surface area contributed by atoms with E-state index in [4.69, 9.17) is 5.11 Å². The van der Waals surface area contributed by atoms with E-state index in [-0.39, 0.29) is 38.9 Å². The average molecular weight is 322 g/mol. The number of hydrogen-bond acceptors (Lipinski definition) is 3. The van der Waals surface area contributed by atoms with Crippen molar-refractivity contribution >= 4 is 17.8 Å². The molecule has 2 aliphatic rings. The van der Waals surface area contributed by atoms with Gasteiger partial charge in [0, 0.05) is 19.6 Å². The van der Waals surface area contributed by atoms with Gasteiger partial charge in [0.25, 0.3) is 0 Å². The van der Waals surface area contributed by atoms with Crippen LogP contribution in [0.5, 0.6) is 0 Å². The van der Waals surface area contributed by atoms with Crippen molar-refractivity contribution in [3.8, 4) is 0 Å². The molecule has 1 atom stereocenters. The first-order valence-corrected chi connectivity index (χ1v) is 7.11. The third-order valence-electron chi connectivity index (χ3n) is 4.20. The van der Waals surface area contributed by atoms with Gasteiger partial charge in [-0.3, -0.25) is 14.4 Å². The zero-order valence-electron chi connectivity index (χ0n) is 11.8. The minimum Gasteiger partial charge on any atom is -0.481 e. The summed E-state index contributed by atoms with van der Waals surface area (Å²) >= 11 is 0. The van der Waals surface area contributed by atoms with Crippen molar-refractivity contribution in [1.29, 1.82) is 0 Å². The van der Waals surface area contributed by atoms with Gasteiger partial charge in [-0.05, 0) is 25.7 Å². The zero-order valence-corrected chi connectivity index (χ0v) is 11.8. The number of nitrogens with zero attached hydrogens (tertiary/aromatic N) is 2. The summed E-state index contributed by atoms with van der Waals surface area (Å²) in [6.07, 6.45) is -3.87. The third kappa shape index (κ3) is 3.33. The van der Waals surface area contributed by atoms with Crippen molar-refractivity contribution in [3.63, 3.8) is 0 Å². The van der Waals surface area contributed by atoms with Crippen LogP contribution in [0.4, 0.5) is 13.2 Å². The topological polar surface area (TPSA) is 77.9 Å². The second-order valence-electron chi connectivity index (χ2n) is 5.59. The number of piperidine rings is 1. The van der Waals surface area contributed by atoms with Gasteiger partial charge in [-0.25, -0.2) is 0 Å². The van der Waals surface area contributed by atoms with E-state index in [1.54, 1.807) is 0 Å². The number of carboxylic acids is 1. The number of carboxylic acid groups (broad SMARTS) is 1. The number of likely N-dealkylation sites (tertiary alicyclic amines) is 2. The lowest BCUT2D eigenvalue weighted by Crippen LogP contribution is -2.52. The van der Waals surface area contributed by atoms with Crippen LogP contribution >= 0.6 is 0 Å². The van der Waals surface area contributed by atoms with Crippen molar-refractivity contribution in [1.82, 2.24) is 9.80 Å². The fraction of sp³-hybridized carbons (Fsp3) is 0.769.